The Morgan fingerprint density at radius 2 is 1.71 bits per heavy atom. The van der Waals surface area contributed by atoms with Gasteiger partial charge in [-0.3, -0.25) is 0 Å². The zero-order chi connectivity index (χ0) is 14.0. The number of isocyanates is 1. The van der Waals surface area contributed by atoms with Crippen LogP contribution >= 0.6 is 0 Å². The molecule has 0 aromatic heterocycles. The number of carboxylic acids is 1. The quantitative estimate of drug-likeness (QED) is 0.348. The summed E-state index contributed by atoms with van der Waals surface area (Å²) < 4.78 is 4.58. The number of hydrogen-bond acceptors (Lipinski definition) is 5. The Balaban J connectivity index is 0. The molecule has 0 aromatic carbocycles. The molecule has 6 nitrogen and oxygen atoms in total. The first kappa shape index (κ1) is 17.2. The van der Waals surface area contributed by atoms with Crippen molar-refractivity contribution in [2.45, 2.75) is 27.0 Å². The van der Waals surface area contributed by atoms with Crippen LogP contribution in [0.15, 0.2) is 29.3 Å². The van der Waals surface area contributed by atoms with E-state index in [0.29, 0.717) is 0 Å². The monoisotopic (exact) mass is 241 g/mol. The molecule has 0 rings (SSSR count). The van der Waals surface area contributed by atoms with Gasteiger partial charge in [-0.2, -0.15) is 4.99 Å². The summed E-state index contributed by atoms with van der Waals surface area (Å²) in [4.78, 5) is 33.1. The van der Waals surface area contributed by atoms with E-state index in [9.17, 15) is 14.4 Å². The molecule has 0 heterocycles. The topological polar surface area (TPSA) is 93.0 Å². The first-order valence-corrected chi connectivity index (χ1v) is 4.54. The van der Waals surface area contributed by atoms with Gasteiger partial charge in [0.1, 0.15) is 0 Å². The molecule has 0 aromatic rings. The fraction of sp³-hybridized carbons (Fsp3) is 0.364. The second-order valence-electron chi connectivity index (χ2n) is 3.09. The molecule has 0 aliphatic rings. The van der Waals surface area contributed by atoms with Gasteiger partial charge < -0.3 is 9.84 Å². The molecule has 0 radical (unpaired) electrons. The molecule has 6 heteroatoms. The summed E-state index contributed by atoms with van der Waals surface area (Å²) >= 11 is 0. The number of carbonyl (C=O) groups excluding carboxylic acids is 2. The second kappa shape index (κ2) is 9.06. The van der Waals surface area contributed by atoms with E-state index in [-0.39, 0.29) is 11.1 Å². The van der Waals surface area contributed by atoms with Crippen LogP contribution in [-0.2, 0) is 19.1 Å². The average molecular weight is 241 g/mol. The van der Waals surface area contributed by atoms with E-state index < -0.39 is 18.2 Å². The Morgan fingerprint density at radius 1 is 1.29 bits per heavy atom. The molecule has 0 saturated heterocycles. The molecule has 0 amide bonds. The molecule has 0 fully saturated rings. The third-order valence-corrected chi connectivity index (χ3v) is 1.23. The highest BCUT2D eigenvalue weighted by molar-refractivity contribution is 5.87. The molecule has 17 heavy (non-hydrogen) atoms. The van der Waals surface area contributed by atoms with Gasteiger partial charge in [0.25, 0.3) is 0 Å². The van der Waals surface area contributed by atoms with Crippen molar-refractivity contribution in [3.05, 3.63) is 24.3 Å². The lowest BCUT2D eigenvalue weighted by atomic mass is 10.4. The van der Waals surface area contributed by atoms with Crippen molar-refractivity contribution in [2.24, 2.45) is 4.99 Å². The van der Waals surface area contributed by atoms with Gasteiger partial charge in [0.15, 0.2) is 0 Å². The van der Waals surface area contributed by atoms with Crippen LogP contribution in [-0.4, -0.2) is 29.4 Å². The number of nitrogens with zero attached hydrogens (tertiary/aromatic N) is 1. The lowest BCUT2D eigenvalue weighted by Gasteiger charge is -2.05. The van der Waals surface area contributed by atoms with Gasteiger partial charge in [0.2, 0.25) is 12.3 Å². The third kappa shape index (κ3) is 11.7. The van der Waals surface area contributed by atoms with Gasteiger partial charge in [0.05, 0.1) is 0 Å². The summed E-state index contributed by atoms with van der Waals surface area (Å²) in [7, 11) is 0. The van der Waals surface area contributed by atoms with Crippen molar-refractivity contribution in [2.75, 3.05) is 0 Å². The van der Waals surface area contributed by atoms with Crippen LogP contribution in [0, 0.1) is 0 Å². The SMILES string of the molecule is C=C(C)C(=O)O.C=C(C)C(=O)OC(C)N=C=O. The van der Waals surface area contributed by atoms with Gasteiger partial charge in [0, 0.05) is 11.1 Å². The normalized spacial score (nSPS) is 9.82. The van der Waals surface area contributed by atoms with E-state index in [0.717, 1.165) is 0 Å². The largest absolute Gasteiger partial charge is 0.478 e. The predicted molar refractivity (Wildman–Crippen MR) is 60.9 cm³/mol. The maximum atomic E-state index is 10.7. The fourth-order valence-electron chi connectivity index (χ4n) is 0.356. The van der Waals surface area contributed by atoms with E-state index >= 15 is 0 Å². The van der Waals surface area contributed by atoms with Crippen molar-refractivity contribution in [1.82, 2.24) is 0 Å². The molecule has 0 aliphatic carbocycles. The number of aliphatic imine (C=N–C) groups is 1. The van der Waals surface area contributed by atoms with Crippen molar-refractivity contribution in [3.8, 4) is 0 Å². The zero-order valence-electron chi connectivity index (χ0n) is 10.0. The lowest BCUT2D eigenvalue weighted by molar-refractivity contribution is -0.143. The Labute approximate surface area is 99.3 Å². The minimum atomic E-state index is -0.935. The van der Waals surface area contributed by atoms with Crippen molar-refractivity contribution < 1.29 is 24.2 Å². The van der Waals surface area contributed by atoms with Crippen LogP contribution in [0.3, 0.4) is 0 Å². The van der Waals surface area contributed by atoms with E-state index in [1.54, 1.807) is 0 Å². The Hall–Kier alpha value is -2.20. The Kier molecular flexibility index (Phi) is 9.17. The van der Waals surface area contributed by atoms with E-state index in [1.807, 2.05) is 0 Å². The molecule has 1 atom stereocenters. The van der Waals surface area contributed by atoms with E-state index in [1.165, 1.54) is 26.9 Å². The lowest BCUT2D eigenvalue weighted by Crippen LogP contribution is -2.12. The summed E-state index contributed by atoms with van der Waals surface area (Å²) in [6, 6.07) is 0. The minimum absolute atomic E-state index is 0.176. The summed E-state index contributed by atoms with van der Waals surface area (Å²) in [6.45, 7) is 10.9. The number of carboxylic acid groups (broad SMARTS) is 1. The van der Waals surface area contributed by atoms with Crippen molar-refractivity contribution in [1.29, 1.82) is 0 Å². The van der Waals surface area contributed by atoms with Crippen LogP contribution in [0.4, 0.5) is 0 Å². The second-order valence-corrected chi connectivity index (χ2v) is 3.09. The summed E-state index contributed by atoms with van der Waals surface area (Å²) in [5.74, 6) is -1.49. The van der Waals surface area contributed by atoms with Crippen LogP contribution in [0.2, 0.25) is 0 Å². The van der Waals surface area contributed by atoms with Gasteiger partial charge in [-0.05, 0) is 20.8 Å². The Morgan fingerprint density at radius 3 is 1.94 bits per heavy atom. The van der Waals surface area contributed by atoms with Crippen LogP contribution in [0.25, 0.3) is 0 Å². The highest BCUT2D eigenvalue weighted by atomic mass is 16.6. The summed E-state index contributed by atoms with van der Waals surface area (Å²) in [5, 5.41) is 7.89. The highest BCUT2D eigenvalue weighted by Gasteiger charge is 2.07. The number of ether oxygens (including phenoxy) is 1. The van der Waals surface area contributed by atoms with Gasteiger partial charge in [-0.15, -0.1) is 0 Å². The number of aliphatic carboxylic acids is 1. The summed E-state index contributed by atoms with van der Waals surface area (Å²) in [5.41, 5.74) is 0.452. The van der Waals surface area contributed by atoms with Gasteiger partial charge in [-0.1, -0.05) is 13.2 Å². The first-order chi connectivity index (χ1) is 7.72. The maximum Gasteiger partial charge on any atom is 0.335 e. The molecule has 0 spiro atoms. The standard InChI is InChI=1S/C7H9NO3.C4H6O2/c1-5(2)7(10)11-6(3)8-4-9;1-3(2)4(5)6/h6H,1H2,2-3H3;1H2,2H3,(H,5,6). The average Bonchev–Trinajstić information content (AvgIpc) is 2.18. The molecule has 0 bridgehead atoms. The molecular formula is C11H15NO5. The van der Waals surface area contributed by atoms with Crippen LogP contribution in [0.1, 0.15) is 20.8 Å². The van der Waals surface area contributed by atoms with Gasteiger partial charge >= 0.3 is 11.9 Å². The molecule has 0 saturated carbocycles. The van der Waals surface area contributed by atoms with Crippen molar-refractivity contribution >= 4 is 18.0 Å². The number of carbonyl (C=O) groups is 2. The van der Waals surface area contributed by atoms with Gasteiger partial charge in [-0.25, -0.2) is 14.4 Å². The predicted octanol–water partition coefficient (Wildman–Crippen LogP) is 1.43. The first-order valence-electron chi connectivity index (χ1n) is 4.54. The van der Waals surface area contributed by atoms with Crippen LogP contribution < -0.4 is 0 Å². The smallest absolute Gasteiger partial charge is 0.335 e. The Bertz CT molecular complexity index is 354. The molecule has 1 N–H and O–H groups in total. The summed E-state index contributed by atoms with van der Waals surface area (Å²) in [6.07, 6.45) is 0.499. The fourth-order valence-corrected chi connectivity index (χ4v) is 0.356. The number of rotatable bonds is 4. The van der Waals surface area contributed by atoms with E-state index in [4.69, 9.17) is 5.11 Å². The maximum absolute atomic E-state index is 10.7. The zero-order valence-corrected chi connectivity index (χ0v) is 10.0. The number of hydrogen-bond donors (Lipinski definition) is 1. The molecule has 94 valence electrons. The van der Waals surface area contributed by atoms with Crippen LogP contribution in [0.5, 0.6) is 0 Å². The molecule has 0 aliphatic heterocycles. The van der Waals surface area contributed by atoms with E-state index in [2.05, 4.69) is 22.9 Å². The highest BCUT2D eigenvalue weighted by Crippen LogP contribution is 1.97. The van der Waals surface area contributed by atoms with Crippen molar-refractivity contribution in [3.63, 3.8) is 0 Å². The molecule has 1 unspecified atom stereocenters. The molecular weight excluding hydrogens is 226 g/mol. The minimum Gasteiger partial charge on any atom is -0.478 e. The third-order valence-electron chi connectivity index (χ3n) is 1.23. The number of esters is 1.